The standard InChI is InChI=1S/C23H34N2O7/c1-12(2)25-14(5)17(10-15-6-8-16(9-7-15)30-13(3)4)22(24-25)32-23-21(29)20(28)19(27)18(11-26)31-23/h6-9,12-13,18-21,23,26-29H,10-11H2,1-5H3/t18-,19-,20+,21-,23+/m1/s1/i1D3,2D3,5D3,10D2,12D,13D. The molecule has 1 aliphatic heterocycles. The van der Waals surface area contributed by atoms with E-state index in [4.69, 9.17) is 32.0 Å². The Labute approximate surface area is 206 Å². The molecular weight excluding hydrogens is 416 g/mol. The second-order valence-corrected chi connectivity index (χ2v) is 7.26. The van der Waals surface area contributed by atoms with Crippen LogP contribution in [0.5, 0.6) is 11.6 Å². The summed E-state index contributed by atoms with van der Waals surface area (Å²) in [6.07, 6.45) is -14.1. The largest absolute Gasteiger partial charge is 0.491 e. The van der Waals surface area contributed by atoms with Gasteiger partial charge in [-0.1, -0.05) is 12.1 Å². The van der Waals surface area contributed by atoms with Crippen LogP contribution >= 0.6 is 0 Å². The molecule has 1 aromatic heterocycles. The lowest BCUT2D eigenvalue weighted by Crippen LogP contribution is -2.60. The predicted molar refractivity (Wildman–Crippen MR) is 117 cm³/mol. The maximum atomic E-state index is 10.5. The van der Waals surface area contributed by atoms with Gasteiger partial charge in [-0.15, -0.1) is 5.10 Å². The molecule has 1 fully saturated rings. The fraction of sp³-hybridized carbons (Fsp3) is 0.609. The Morgan fingerprint density at radius 3 is 2.50 bits per heavy atom. The van der Waals surface area contributed by atoms with E-state index in [9.17, 15) is 20.4 Å². The van der Waals surface area contributed by atoms with E-state index >= 15 is 0 Å². The van der Waals surface area contributed by atoms with Gasteiger partial charge in [0.05, 0.1) is 15.4 Å². The molecule has 0 amide bonds. The molecular formula is C23H34N2O7. The van der Waals surface area contributed by atoms with Crippen molar-refractivity contribution in [1.82, 2.24) is 9.78 Å². The van der Waals surface area contributed by atoms with Crippen molar-refractivity contribution in [3.63, 3.8) is 0 Å². The van der Waals surface area contributed by atoms with E-state index < -0.39 is 93.5 Å². The van der Waals surface area contributed by atoms with Crippen molar-refractivity contribution in [1.29, 1.82) is 0 Å². The molecule has 2 heterocycles. The molecule has 0 unspecified atom stereocenters. The van der Waals surface area contributed by atoms with Gasteiger partial charge in [0, 0.05) is 38.7 Å². The number of hydrogen-bond acceptors (Lipinski definition) is 8. The first kappa shape index (κ1) is 12.3. The number of aromatic nitrogens is 2. The first-order chi connectivity index (χ1) is 20.2. The quantitative estimate of drug-likeness (QED) is 0.462. The van der Waals surface area contributed by atoms with Crippen LogP contribution in [0.3, 0.4) is 0 Å². The van der Waals surface area contributed by atoms with Crippen molar-refractivity contribution in [2.24, 2.45) is 0 Å². The molecule has 9 nitrogen and oxygen atoms in total. The number of aliphatic hydroxyl groups excluding tert-OH is 4. The Bertz CT molecular complexity index is 1320. The summed E-state index contributed by atoms with van der Waals surface area (Å²) in [6, 6.07) is 0.950. The van der Waals surface area contributed by atoms with Gasteiger partial charge >= 0.3 is 0 Å². The molecule has 3 rings (SSSR count). The van der Waals surface area contributed by atoms with Crippen LogP contribution in [-0.2, 0) is 11.1 Å². The number of benzene rings is 1. The molecule has 32 heavy (non-hydrogen) atoms. The van der Waals surface area contributed by atoms with Crippen LogP contribution in [0, 0.1) is 6.85 Å². The summed E-state index contributed by atoms with van der Waals surface area (Å²) < 4.78 is 122. The van der Waals surface area contributed by atoms with Crippen molar-refractivity contribution in [2.75, 3.05) is 6.61 Å². The maximum absolute atomic E-state index is 10.5. The van der Waals surface area contributed by atoms with E-state index in [1.165, 1.54) is 26.0 Å². The fourth-order valence-corrected chi connectivity index (χ4v) is 3.02. The summed E-state index contributed by atoms with van der Waals surface area (Å²) in [4.78, 5) is 0. The second-order valence-electron chi connectivity index (χ2n) is 7.26. The first-order valence-electron chi connectivity index (χ1n) is 16.1. The Morgan fingerprint density at radius 1 is 1.19 bits per heavy atom. The van der Waals surface area contributed by atoms with E-state index in [2.05, 4.69) is 5.10 Å². The topological polar surface area (TPSA) is 126 Å². The van der Waals surface area contributed by atoms with Crippen molar-refractivity contribution >= 4 is 0 Å². The minimum absolute atomic E-state index is 0.120. The Balaban J connectivity index is 2.38. The van der Waals surface area contributed by atoms with Gasteiger partial charge in [-0.05, 0) is 52.1 Å². The molecule has 0 bridgehead atoms. The van der Waals surface area contributed by atoms with Gasteiger partial charge in [0.2, 0.25) is 12.2 Å². The van der Waals surface area contributed by atoms with E-state index in [1.807, 2.05) is 0 Å². The highest BCUT2D eigenvalue weighted by Gasteiger charge is 2.45. The Hall–Kier alpha value is -2.17. The normalized spacial score (nSPS) is 34.3. The van der Waals surface area contributed by atoms with E-state index in [1.54, 1.807) is 0 Å². The van der Waals surface area contributed by atoms with Crippen LogP contribution in [0.15, 0.2) is 24.3 Å². The molecule has 9 heteroatoms. The van der Waals surface area contributed by atoms with Gasteiger partial charge in [-0.2, -0.15) is 0 Å². The summed E-state index contributed by atoms with van der Waals surface area (Å²) in [6.45, 7) is -9.18. The molecule has 0 radical (unpaired) electrons. The molecule has 5 atom stereocenters. The van der Waals surface area contributed by atoms with Crippen molar-refractivity contribution in [3.8, 4) is 11.6 Å². The zero-order valence-corrected chi connectivity index (χ0v) is 17.3. The van der Waals surface area contributed by atoms with Gasteiger partial charge in [0.25, 0.3) is 0 Å². The van der Waals surface area contributed by atoms with Gasteiger partial charge in [0.15, 0.2) is 0 Å². The third kappa shape index (κ3) is 5.24. The molecule has 2 aromatic rings. The zero-order valence-electron chi connectivity index (χ0n) is 30.3. The third-order valence-corrected chi connectivity index (χ3v) is 4.59. The maximum Gasteiger partial charge on any atom is 0.239 e. The lowest BCUT2D eigenvalue weighted by molar-refractivity contribution is -0.278. The summed E-state index contributed by atoms with van der Waals surface area (Å²) >= 11 is 0. The fourth-order valence-electron chi connectivity index (χ4n) is 3.02. The minimum atomic E-state index is -3.83. The number of ether oxygens (including phenoxy) is 3. The Morgan fingerprint density at radius 2 is 1.91 bits per heavy atom. The highest BCUT2D eigenvalue weighted by Crippen LogP contribution is 2.31. The number of rotatable bonds is 8. The monoisotopic (exact) mass is 463 g/mol. The third-order valence-electron chi connectivity index (χ3n) is 4.59. The zero-order chi connectivity index (χ0) is 34.7. The molecule has 4 N–H and O–H groups in total. The van der Waals surface area contributed by atoms with Gasteiger partial charge in [-0.3, -0.25) is 4.68 Å². The van der Waals surface area contributed by atoms with Crippen LogP contribution in [0.2, 0.25) is 0 Å². The molecule has 0 spiro atoms. The number of hydrogen-bond donors (Lipinski definition) is 4. The predicted octanol–water partition coefficient (Wildman–Crippen LogP) is 1.33. The second kappa shape index (κ2) is 10.2. The van der Waals surface area contributed by atoms with Crippen LogP contribution in [0.1, 0.15) is 68.2 Å². The minimum Gasteiger partial charge on any atom is -0.491 e. The molecule has 0 aliphatic carbocycles. The smallest absolute Gasteiger partial charge is 0.239 e. The number of aliphatic hydroxyl groups is 4. The summed E-state index contributed by atoms with van der Waals surface area (Å²) in [7, 11) is 0. The summed E-state index contributed by atoms with van der Waals surface area (Å²) in [5.74, 6) is -1.01. The average molecular weight is 464 g/mol. The van der Waals surface area contributed by atoms with E-state index in [-0.39, 0.29) is 16.0 Å². The molecule has 178 valence electrons. The SMILES string of the molecule is [2H]C(C)(C)Oc1ccc(C([2H])([2H])c2c(O[C@@H]3O[C@H](CO)[C@@H](O)[C@H](O)[C@H]3O)nn(C([2H])(C([2H])([2H])[2H])C([2H])([2H])[2H])c2C([2H])([2H])[2H])cc1. The lowest BCUT2D eigenvalue weighted by Gasteiger charge is -2.39. The molecule has 0 saturated carbocycles. The van der Waals surface area contributed by atoms with Crippen LogP contribution < -0.4 is 9.47 Å². The summed E-state index contributed by atoms with van der Waals surface area (Å²) in [5, 5.41) is 44.2. The van der Waals surface area contributed by atoms with Crippen LogP contribution in [0.25, 0.3) is 0 Å². The lowest BCUT2D eigenvalue weighted by atomic mass is 9.99. The molecule has 1 aromatic carbocycles. The van der Waals surface area contributed by atoms with E-state index in [0.29, 0.717) is 0 Å². The van der Waals surface area contributed by atoms with Crippen LogP contribution in [0.4, 0.5) is 0 Å². The highest BCUT2D eigenvalue weighted by molar-refractivity contribution is 5.38. The van der Waals surface area contributed by atoms with Crippen molar-refractivity contribution < 1.29 is 52.5 Å². The number of nitrogens with zero attached hydrogens (tertiary/aromatic N) is 2. The van der Waals surface area contributed by atoms with Crippen LogP contribution in [-0.4, -0.2) is 73.6 Å². The Kier molecular flexibility index (Phi) is 3.93. The molecule has 1 aliphatic rings. The van der Waals surface area contributed by atoms with Crippen molar-refractivity contribution in [3.05, 3.63) is 41.1 Å². The molecule has 1 saturated heterocycles. The van der Waals surface area contributed by atoms with Gasteiger partial charge in [-0.25, -0.2) is 0 Å². The summed E-state index contributed by atoms with van der Waals surface area (Å²) in [5.41, 5.74) is -2.74. The van der Waals surface area contributed by atoms with Crippen molar-refractivity contribution in [2.45, 2.75) is 83.6 Å². The van der Waals surface area contributed by atoms with Gasteiger partial charge in [0.1, 0.15) is 30.2 Å². The van der Waals surface area contributed by atoms with E-state index in [0.717, 1.165) is 12.1 Å². The average Bonchev–Trinajstić information content (AvgIpc) is 3.27. The first-order valence-corrected chi connectivity index (χ1v) is 9.59. The highest BCUT2D eigenvalue weighted by atomic mass is 16.7. The van der Waals surface area contributed by atoms with Gasteiger partial charge < -0.3 is 34.6 Å².